The first-order chi connectivity index (χ1) is 13.6. The highest BCUT2D eigenvalue weighted by Crippen LogP contribution is 2.37. The van der Waals surface area contributed by atoms with Crippen LogP contribution in [0.1, 0.15) is 24.8 Å². The second-order valence-corrected chi connectivity index (χ2v) is 6.10. The Kier molecular flexibility index (Phi) is 6.32. The van der Waals surface area contributed by atoms with E-state index in [9.17, 15) is 4.79 Å². The average molecular weight is 381 g/mol. The third-order valence-corrected chi connectivity index (χ3v) is 4.18. The zero-order chi connectivity index (χ0) is 19.9. The fourth-order valence-corrected chi connectivity index (χ4v) is 2.68. The second-order valence-electron chi connectivity index (χ2n) is 6.10. The predicted octanol–water partition coefficient (Wildman–Crippen LogP) is 4.60. The number of hydrogen-bond donors (Lipinski definition) is 0. The molecular weight excluding hydrogens is 358 g/mol. The molecule has 2 aromatic carbocycles. The minimum atomic E-state index is -0.353. The Hall–Kier alpha value is -3.28. The molecule has 0 atom stereocenters. The molecule has 0 amide bonds. The Balaban J connectivity index is 1.70. The summed E-state index contributed by atoms with van der Waals surface area (Å²) in [6.45, 7) is 3.97. The van der Waals surface area contributed by atoms with E-state index in [1.165, 1.54) is 7.11 Å². The molecule has 6 heteroatoms. The average Bonchev–Trinajstić information content (AvgIpc) is 3.10. The summed E-state index contributed by atoms with van der Waals surface area (Å²) in [4.78, 5) is 16.3. The lowest BCUT2D eigenvalue weighted by Crippen LogP contribution is -2.09. The number of benzene rings is 2. The van der Waals surface area contributed by atoms with Crippen LogP contribution >= 0.6 is 0 Å². The molecule has 3 rings (SSSR count). The monoisotopic (exact) mass is 381 g/mol. The van der Waals surface area contributed by atoms with Gasteiger partial charge >= 0.3 is 5.97 Å². The highest BCUT2D eigenvalue weighted by molar-refractivity contribution is 5.74. The van der Waals surface area contributed by atoms with Crippen molar-refractivity contribution in [2.24, 2.45) is 0 Å². The van der Waals surface area contributed by atoms with Gasteiger partial charge in [-0.05, 0) is 31.2 Å². The van der Waals surface area contributed by atoms with Gasteiger partial charge in [-0.3, -0.25) is 4.79 Å². The number of aryl methyl sites for hydroxylation is 1. The van der Waals surface area contributed by atoms with Gasteiger partial charge in [0.25, 0.3) is 0 Å². The summed E-state index contributed by atoms with van der Waals surface area (Å²) in [5, 5.41) is 0. The van der Waals surface area contributed by atoms with Gasteiger partial charge in [-0.15, -0.1) is 0 Å². The van der Waals surface area contributed by atoms with Crippen LogP contribution in [0.2, 0.25) is 0 Å². The van der Waals surface area contributed by atoms with Crippen LogP contribution < -0.4 is 14.2 Å². The lowest BCUT2D eigenvalue weighted by Gasteiger charge is -2.14. The van der Waals surface area contributed by atoms with Crippen LogP contribution in [0.4, 0.5) is 0 Å². The minimum Gasteiger partial charge on any atom is -0.493 e. The van der Waals surface area contributed by atoms with E-state index in [4.69, 9.17) is 18.6 Å². The first kappa shape index (κ1) is 19.5. The zero-order valence-corrected chi connectivity index (χ0v) is 16.2. The predicted molar refractivity (Wildman–Crippen MR) is 105 cm³/mol. The highest BCUT2D eigenvalue weighted by atomic mass is 16.6. The summed E-state index contributed by atoms with van der Waals surface area (Å²) >= 11 is 0. The van der Waals surface area contributed by atoms with Gasteiger partial charge in [0, 0.05) is 18.4 Å². The molecule has 0 spiro atoms. The smallest absolute Gasteiger partial charge is 0.311 e. The number of carbonyl (C=O) groups excluding carboxylic acids is 1. The molecule has 3 aromatic rings. The molecule has 28 heavy (non-hydrogen) atoms. The Morgan fingerprint density at radius 1 is 1.07 bits per heavy atom. The molecule has 1 aromatic heterocycles. The van der Waals surface area contributed by atoms with Gasteiger partial charge in [0.15, 0.2) is 11.5 Å². The number of esters is 1. The standard InChI is InChI=1S/C22H23NO5/c1-4-20(24)28-21-18(25-3)11-8-12-19(21)26-14-13-17-15(2)27-22(23-17)16-9-6-5-7-10-16/h5-12H,4,13-14H2,1-3H3. The molecule has 0 bridgehead atoms. The van der Waals surface area contributed by atoms with Crippen molar-refractivity contribution < 1.29 is 23.4 Å². The van der Waals surface area contributed by atoms with Crippen molar-refractivity contribution in [2.75, 3.05) is 13.7 Å². The lowest BCUT2D eigenvalue weighted by atomic mass is 10.2. The second kappa shape index (κ2) is 9.08. The van der Waals surface area contributed by atoms with Crippen molar-refractivity contribution in [1.82, 2.24) is 4.98 Å². The molecule has 0 aliphatic rings. The number of nitrogens with zero attached hydrogens (tertiary/aromatic N) is 1. The fourth-order valence-electron chi connectivity index (χ4n) is 2.68. The van der Waals surface area contributed by atoms with Crippen LogP contribution in [0.3, 0.4) is 0 Å². The number of oxazole rings is 1. The molecule has 0 saturated heterocycles. The van der Waals surface area contributed by atoms with E-state index >= 15 is 0 Å². The first-order valence-electron chi connectivity index (χ1n) is 9.14. The summed E-state index contributed by atoms with van der Waals surface area (Å²) in [6.07, 6.45) is 0.818. The van der Waals surface area contributed by atoms with Crippen LogP contribution in [0, 0.1) is 6.92 Å². The molecule has 0 N–H and O–H groups in total. The summed E-state index contributed by atoms with van der Waals surface area (Å²) in [5.74, 6) is 2.18. The Morgan fingerprint density at radius 2 is 1.82 bits per heavy atom. The van der Waals surface area contributed by atoms with E-state index in [0.29, 0.717) is 36.2 Å². The number of carbonyl (C=O) groups is 1. The Labute approximate surface area is 164 Å². The van der Waals surface area contributed by atoms with Gasteiger partial charge in [0.05, 0.1) is 19.4 Å². The van der Waals surface area contributed by atoms with E-state index in [-0.39, 0.29) is 12.4 Å². The molecule has 146 valence electrons. The zero-order valence-electron chi connectivity index (χ0n) is 16.2. The molecule has 0 saturated carbocycles. The van der Waals surface area contributed by atoms with Crippen LogP contribution in [0.25, 0.3) is 11.5 Å². The maximum Gasteiger partial charge on any atom is 0.311 e. The van der Waals surface area contributed by atoms with Crippen molar-refractivity contribution in [1.29, 1.82) is 0 Å². The maximum atomic E-state index is 11.7. The van der Waals surface area contributed by atoms with Gasteiger partial charge in [-0.2, -0.15) is 0 Å². The molecule has 0 aliphatic heterocycles. The summed E-state index contributed by atoms with van der Waals surface area (Å²) in [5.41, 5.74) is 1.76. The quantitative estimate of drug-likeness (QED) is 0.420. The molecule has 0 unspecified atom stereocenters. The van der Waals surface area contributed by atoms with Gasteiger partial charge in [0.2, 0.25) is 11.6 Å². The van der Waals surface area contributed by atoms with Gasteiger partial charge in [0.1, 0.15) is 5.76 Å². The van der Waals surface area contributed by atoms with E-state index in [0.717, 1.165) is 17.0 Å². The molecule has 0 radical (unpaired) electrons. The Morgan fingerprint density at radius 3 is 2.54 bits per heavy atom. The third kappa shape index (κ3) is 4.52. The van der Waals surface area contributed by atoms with Crippen LogP contribution in [-0.4, -0.2) is 24.7 Å². The maximum absolute atomic E-state index is 11.7. The summed E-state index contributed by atoms with van der Waals surface area (Å²) < 4.78 is 22.3. The number of aromatic nitrogens is 1. The van der Waals surface area contributed by atoms with Crippen LogP contribution in [0.5, 0.6) is 17.2 Å². The first-order valence-corrected chi connectivity index (χ1v) is 9.14. The van der Waals surface area contributed by atoms with Crippen molar-refractivity contribution in [2.45, 2.75) is 26.7 Å². The normalized spacial score (nSPS) is 10.5. The highest BCUT2D eigenvalue weighted by Gasteiger charge is 2.16. The molecule has 1 heterocycles. The van der Waals surface area contributed by atoms with Crippen molar-refractivity contribution in [3.05, 3.63) is 60.0 Å². The largest absolute Gasteiger partial charge is 0.493 e. The van der Waals surface area contributed by atoms with E-state index in [2.05, 4.69) is 4.98 Å². The lowest BCUT2D eigenvalue weighted by molar-refractivity contribution is -0.134. The van der Waals surface area contributed by atoms with Crippen LogP contribution in [0.15, 0.2) is 52.9 Å². The SMILES string of the molecule is CCC(=O)Oc1c(OC)cccc1OCCc1nc(-c2ccccc2)oc1C. The molecule has 6 nitrogen and oxygen atoms in total. The minimum absolute atomic E-state index is 0.262. The van der Waals surface area contributed by atoms with Crippen molar-refractivity contribution >= 4 is 5.97 Å². The number of para-hydroxylation sites is 1. The summed E-state index contributed by atoms with van der Waals surface area (Å²) in [7, 11) is 1.52. The number of hydrogen-bond acceptors (Lipinski definition) is 6. The number of ether oxygens (including phenoxy) is 3. The van der Waals surface area contributed by atoms with E-state index in [1.807, 2.05) is 37.3 Å². The van der Waals surface area contributed by atoms with E-state index in [1.54, 1.807) is 25.1 Å². The topological polar surface area (TPSA) is 70.8 Å². The van der Waals surface area contributed by atoms with Crippen molar-refractivity contribution in [3.8, 4) is 28.7 Å². The van der Waals surface area contributed by atoms with Crippen LogP contribution in [-0.2, 0) is 11.2 Å². The van der Waals surface area contributed by atoms with Gasteiger partial charge in [-0.25, -0.2) is 4.98 Å². The van der Waals surface area contributed by atoms with Gasteiger partial charge in [-0.1, -0.05) is 31.2 Å². The fraction of sp³-hybridized carbons (Fsp3) is 0.273. The van der Waals surface area contributed by atoms with E-state index < -0.39 is 0 Å². The van der Waals surface area contributed by atoms with Crippen molar-refractivity contribution in [3.63, 3.8) is 0 Å². The third-order valence-electron chi connectivity index (χ3n) is 4.18. The molecule has 0 fully saturated rings. The number of methoxy groups -OCH3 is 1. The Bertz CT molecular complexity index is 933. The van der Waals surface area contributed by atoms with Gasteiger partial charge < -0.3 is 18.6 Å². The number of rotatable bonds is 8. The molecular formula is C22H23NO5. The summed E-state index contributed by atoms with van der Waals surface area (Å²) in [6, 6.07) is 15.0. The molecule has 0 aliphatic carbocycles.